The van der Waals surface area contributed by atoms with E-state index < -0.39 is 0 Å². The average molecular weight is 469 g/mol. The molecule has 0 aliphatic heterocycles. The van der Waals surface area contributed by atoms with E-state index in [0.29, 0.717) is 34.4 Å². The number of nitriles is 2. The van der Waals surface area contributed by atoms with Gasteiger partial charge in [-0.05, 0) is 63.0 Å². The first kappa shape index (κ1) is 24.1. The summed E-state index contributed by atoms with van der Waals surface area (Å²) in [5.74, 6) is 1.27. The molecule has 168 valence electrons. The molecule has 1 amide bonds. The first-order valence-corrected chi connectivity index (χ1v) is 11.9. The lowest BCUT2D eigenvalue weighted by molar-refractivity contribution is -0.121. The van der Waals surface area contributed by atoms with Gasteiger partial charge in [-0.25, -0.2) is 0 Å². The van der Waals surface area contributed by atoms with Crippen LogP contribution in [0.1, 0.15) is 53.7 Å². The summed E-state index contributed by atoms with van der Waals surface area (Å²) < 4.78 is 0. The number of hydrogen-bond donors (Lipinski definition) is 1. The van der Waals surface area contributed by atoms with E-state index in [1.807, 2.05) is 0 Å². The zero-order chi connectivity index (χ0) is 22.0. The van der Waals surface area contributed by atoms with Gasteiger partial charge in [-0.15, -0.1) is 23.7 Å². The van der Waals surface area contributed by atoms with Crippen molar-refractivity contribution in [2.75, 3.05) is 23.8 Å². The smallest absolute Gasteiger partial charge is 0.228 e. The van der Waals surface area contributed by atoms with Crippen LogP contribution in [0.3, 0.4) is 0 Å². The molecular formula is C25H29ClN4OS. The molecule has 7 heteroatoms. The summed E-state index contributed by atoms with van der Waals surface area (Å²) in [6.45, 7) is 2.92. The van der Waals surface area contributed by atoms with Crippen LogP contribution in [0.5, 0.6) is 0 Å². The highest BCUT2D eigenvalue weighted by Crippen LogP contribution is 2.49. The number of nitrogens with zero attached hydrogens (tertiary/aromatic N) is 3. The number of rotatable bonds is 7. The largest absolute Gasteiger partial charge is 0.375 e. The van der Waals surface area contributed by atoms with Gasteiger partial charge in [-0.2, -0.15) is 10.5 Å². The molecule has 0 unspecified atom stereocenters. The monoisotopic (exact) mass is 468 g/mol. The second-order valence-corrected chi connectivity index (χ2v) is 10.1. The van der Waals surface area contributed by atoms with Crippen molar-refractivity contribution < 1.29 is 4.79 Å². The SMILES string of the molecule is Cc1ccc(N(C)CCCc2sc(NC(=O)[C@@H]3C[C@@H]4CC[C@H]3C4)c(C#N)c2C#N)cc1.Cl. The molecule has 2 bridgehead atoms. The molecule has 3 atom stereocenters. The van der Waals surface area contributed by atoms with Crippen molar-refractivity contribution in [3.05, 3.63) is 45.8 Å². The fraction of sp³-hybridized carbons (Fsp3) is 0.480. The Hall–Kier alpha value is -2.54. The predicted molar refractivity (Wildman–Crippen MR) is 131 cm³/mol. The highest BCUT2D eigenvalue weighted by Gasteiger charge is 2.43. The molecule has 0 spiro atoms. The van der Waals surface area contributed by atoms with Gasteiger partial charge in [-0.3, -0.25) is 4.79 Å². The minimum absolute atomic E-state index is 0. The normalized spacial score (nSPS) is 20.8. The zero-order valence-electron chi connectivity index (χ0n) is 18.6. The minimum atomic E-state index is 0. The number of amides is 1. The number of carbonyl (C=O) groups excluding carboxylic acids is 1. The van der Waals surface area contributed by atoms with Gasteiger partial charge in [-0.1, -0.05) is 24.1 Å². The summed E-state index contributed by atoms with van der Waals surface area (Å²) in [6.07, 6.45) is 6.09. The van der Waals surface area contributed by atoms with Crippen LogP contribution in [0, 0.1) is 47.3 Å². The van der Waals surface area contributed by atoms with Crippen LogP contribution < -0.4 is 10.2 Å². The maximum atomic E-state index is 12.9. The van der Waals surface area contributed by atoms with E-state index in [2.05, 4.69) is 60.6 Å². The van der Waals surface area contributed by atoms with E-state index in [1.54, 1.807) is 0 Å². The summed E-state index contributed by atoms with van der Waals surface area (Å²) in [5, 5.41) is 22.9. The number of anilines is 2. The van der Waals surface area contributed by atoms with Gasteiger partial charge in [0.2, 0.25) is 5.91 Å². The van der Waals surface area contributed by atoms with Crippen molar-refractivity contribution in [3.63, 3.8) is 0 Å². The third-order valence-corrected chi connectivity index (χ3v) is 8.05. The van der Waals surface area contributed by atoms with E-state index in [1.165, 1.54) is 23.3 Å². The summed E-state index contributed by atoms with van der Waals surface area (Å²) in [7, 11) is 2.06. The number of halogens is 1. The quantitative estimate of drug-likeness (QED) is 0.568. The Morgan fingerprint density at radius 3 is 2.47 bits per heavy atom. The first-order valence-electron chi connectivity index (χ1n) is 11.0. The van der Waals surface area contributed by atoms with Crippen LogP contribution in [0.25, 0.3) is 0 Å². The Morgan fingerprint density at radius 1 is 1.16 bits per heavy atom. The fourth-order valence-electron chi connectivity index (χ4n) is 5.14. The lowest BCUT2D eigenvalue weighted by Gasteiger charge is -2.20. The number of carbonyl (C=O) groups is 1. The molecule has 5 nitrogen and oxygen atoms in total. The molecule has 1 aromatic carbocycles. The fourth-order valence-corrected chi connectivity index (χ4v) is 6.29. The van der Waals surface area contributed by atoms with Crippen molar-refractivity contribution in [2.45, 2.75) is 45.4 Å². The Balaban J connectivity index is 0.00000289. The molecule has 1 heterocycles. The van der Waals surface area contributed by atoms with Gasteiger partial charge in [0, 0.05) is 30.1 Å². The van der Waals surface area contributed by atoms with E-state index >= 15 is 0 Å². The predicted octanol–water partition coefficient (Wildman–Crippen LogP) is 5.67. The second-order valence-electron chi connectivity index (χ2n) is 8.96. The summed E-state index contributed by atoms with van der Waals surface area (Å²) >= 11 is 1.40. The lowest BCUT2D eigenvalue weighted by Crippen LogP contribution is -2.27. The van der Waals surface area contributed by atoms with Gasteiger partial charge < -0.3 is 10.2 Å². The summed E-state index contributed by atoms with van der Waals surface area (Å²) in [4.78, 5) is 15.9. The van der Waals surface area contributed by atoms with Gasteiger partial charge in [0.1, 0.15) is 22.7 Å². The van der Waals surface area contributed by atoms with Gasteiger partial charge in [0.15, 0.2) is 0 Å². The van der Waals surface area contributed by atoms with Gasteiger partial charge in [0.25, 0.3) is 0 Å². The molecule has 2 aliphatic carbocycles. The van der Waals surface area contributed by atoms with Crippen molar-refractivity contribution in [1.82, 2.24) is 0 Å². The van der Waals surface area contributed by atoms with Crippen molar-refractivity contribution in [3.8, 4) is 12.1 Å². The summed E-state index contributed by atoms with van der Waals surface area (Å²) in [5.41, 5.74) is 3.15. The molecule has 0 saturated heterocycles. The molecule has 4 rings (SSSR count). The zero-order valence-corrected chi connectivity index (χ0v) is 20.2. The minimum Gasteiger partial charge on any atom is -0.375 e. The van der Waals surface area contributed by atoms with Crippen LogP contribution in [0.15, 0.2) is 24.3 Å². The van der Waals surface area contributed by atoms with Crippen molar-refractivity contribution >= 4 is 40.3 Å². The van der Waals surface area contributed by atoms with Gasteiger partial charge in [0.05, 0.1) is 5.56 Å². The molecule has 1 aromatic heterocycles. The number of hydrogen-bond acceptors (Lipinski definition) is 5. The third-order valence-electron chi connectivity index (χ3n) is 6.89. The molecular weight excluding hydrogens is 440 g/mol. The van der Waals surface area contributed by atoms with E-state index in [0.717, 1.165) is 42.8 Å². The maximum Gasteiger partial charge on any atom is 0.228 e. The second kappa shape index (κ2) is 10.4. The number of thiophene rings is 1. The van der Waals surface area contributed by atoms with E-state index in [4.69, 9.17) is 0 Å². The number of aryl methyl sites for hydroxylation is 2. The Kier molecular flexibility index (Phi) is 7.82. The Bertz CT molecular complexity index is 1050. The third kappa shape index (κ3) is 4.93. The number of benzene rings is 1. The summed E-state index contributed by atoms with van der Waals surface area (Å²) in [6, 6.07) is 12.8. The number of nitrogens with one attached hydrogen (secondary N) is 1. The molecule has 32 heavy (non-hydrogen) atoms. The topological polar surface area (TPSA) is 79.9 Å². The van der Waals surface area contributed by atoms with Crippen LogP contribution in [-0.2, 0) is 11.2 Å². The van der Waals surface area contributed by atoms with Crippen molar-refractivity contribution in [2.24, 2.45) is 17.8 Å². The molecule has 2 aromatic rings. The van der Waals surface area contributed by atoms with Crippen molar-refractivity contribution in [1.29, 1.82) is 10.5 Å². The van der Waals surface area contributed by atoms with Crippen LogP contribution in [0.4, 0.5) is 10.7 Å². The first-order chi connectivity index (χ1) is 15.0. The highest BCUT2D eigenvalue weighted by atomic mass is 35.5. The molecule has 2 fully saturated rings. The van der Waals surface area contributed by atoms with E-state index in [9.17, 15) is 15.3 Å². The highest BCUT2D eigenvalue weighted by molar-refractivity contribution is 7.16. The molecule has 0 radical (unpaired) electrons. The Labute approximate surface area is 200 Å². The molecule has 2 saturated carbocycles. The standard InChI is InChI=1S/C25H28N4OS.ClH/c1-16-5-9-19(10-6-16)29(2)11-3-4-23-21(14-26)22(15-27)25(31-23)28-24(30)20-13-17-7-8-18(20)12-17;/h5-6,9-10,17-18,20H,3-4,7-8,11-13H2,1-2H3,(H,28,30);1H/t17-,18+,20-;/m1./s1. The Morgan fingerprint density at radius 2 is 1.88 bits per heavy atom. The maximum absolute atomic E-state index is 12.9. The van der Waals surface area contributed by atoms with Crippen LogP contribution >= 0.6 is 23.7 Å². The van der Waals surface area contributed by atoms with Crippen LogP contribution in [-0.4, -0.2) is 19.5 Å². The molecule has 2 aliphatic rings. The average Bonchev–Trinajstić information content (AvgIpc) is 3.48. The van der Waals surface area contributed by atoms with E-state index in [-0.39, 0.29) is 24.2 Å². The number of fused-ring (bicyclic) bond motifs is 2. The lowest BCUT2D eigenvalue weighted by atomic mass is 9.88. The molecule has 1 N–H and O–H groups in total. The van der Waals surface area contributed by atoms with Crippen LogP contribution in [0.2, 0.25) is 0 Å². The van der Waals surface area contributed by atoms with Gasteiger partial charge >= 0.3 is 0 Å².